The van der Waals surface area contributed by atoms with Crippen LogP contribution in [0.1, 0.15) is 19.8 Å². The van der Waals surface area contributed by atoms with Gasteiger partial charge in [-0.05, 0) is 53.9 Å². The predicted octanol–water partition coefficient (Wildman–Crippen LogP) is 2.46. The molecule has 0 radical (unpaired) electrons. The summed E-state index contributed by atoms with van der Waals surface area (Å²) >= 11 is 2.97. The van der Waals surface area contributed by atoms with Crippen LogP contribution < -0.4 is 0 Å². The molecule has 1 heterocycles. The van der Waals surface area contributed by atoms with Crippen molar-refractivity contribution in [1.29, 1.82) is 0 Å². The summed E-state index contributed by atoms with van der Waals surface area (Å²) in [4.78, 5) is 10.9. The third kappa shape index (κ3) is 3.27. The van der Waals surface area contributed by atoms with Crippen LogP contribution in [0.5, 0.6) is 0 Å². The fourth-order valence-corrected chi connectivity index (χ4v) is 4.35. The Kier molecular flexibility index (Phi) is 4.69. The van der Waals surface area contributed by atoms with Gasteiger partial charge >= 0.3 is 5.97 Å². The summed E-state index contributed by atoms with van der Waals surface area (Å²) in [5.41, 5.74) is 0. The third-order valence-electron chi connectivity index (χ3n) is 3.67. The maximum absolute atomic E-state index is 13.6. The molecule has 1 aliphatic heterocycles. The van der Waals surface area contributed by atoms with E-state index in [9.17, 15) is 17.6 Å². The monoisotopic (exact) mass is 379 g/mol. The van der Waals surface area contributed by atoms with Crippen molar-refractivity contribution in [2.24, 2.45) is 5.92 Å². The van der Waals surface area contributed by atoms with Gasteiger partial charge in [0.05, 0.1) is 15.3 Å². The van der Waals surface area contributed by atoms with Crippen LogP contribution >= 0.6 is 15.9 Å². The highest BCUT2D eigenvalue weighted by atomic mass is 79.9. The zero-order chi connectivity index (χ0) is 15.8. The zero-order valence-electron chi connectivity index (χ0n) is 11.3. The van der Waals surface area contributed by atoms with Crippen molar-refractivity contribution >= 4 is 31.9 Å². The lowest BCUT2D eigenvalue weighted by molar-refractivity contribution is -0.143. The molecule has 0 amide bonds. The maximum Gasteiger partial charge on any atom is 0.307 e. The Morgan fingerprint density at radius 1 is 1.43 bits per heavy atom. The molecule has 21 heavy (non-hydrogen) atoms. The van der Waals surface area contributed by atoms with Crippen molar-refractivity contribution in [3.8, 4) is 0 Å². The Labute approximate surface area is 130 Å². The highest BCUT2D eigenvalue weighted by Gasteiger charge is 2.37. The number of halogens is 2. The van der Waals surface area contributed by atoms with Gasteiger partial charge in [0.15, 0.2) is 0 Å². The molecule has 1 N–H and O–H groups in total. The summed E-state index contributed by atoms with van der Waals surface area (Å²) < 4.78 is 40.0. The van der Waals surface area contributed by atoms with Gasteiger partial charge in [0.1, 0.15) is 5.82 Å². The number of nitrogens with zero attached hydrogens (tertiary/aromatic N) is 1. The van der Waals surface area contributed by atoms with Crippen LogP contribution in [0.4, 0.5) is 4.39 Å². The number of carboxylic acids is 1. The predicted molar refractivity (Wildman–Crippen MR) is 77.8 cm³/mol. The van der Waals surface area contributed by atoms with Crippen molar-refractivity contribution in [2.45, 2.75) is 30.7 Å². The average Bonchev–Trinajstić information content (AvgIpc) is 2.41. The number of hydrogen-bond acceptors (Lipinski definition) is 3. The van der Waals surface area contributed by atoms with Crippen molar-refractivity contribution < 1.29 is 22.7 Å². The van der Waals surface area contributed by atoms with Gasteiger partial charge in [-0.25, -0.2) is 12.8 Å². The van der Waals surface area contributed by atoms with Gasteiger partial charge in [0.2, 0.25) is 10.0 Å². The smallest absolute Gasteiger partial charge is 0.307 e. The fraction of sp³-hybridized carbons (Fsp3) is 0.462. The number of aliphatic carboxylic acids is 1. The summed E-state index contributed by atoms with van der Waals surface area (Å²) in [6.45, 7) is 1.64. The summed E-state index contributed by atoms with van der Waals surface area (Å²) in [7, 11) is -3.91. The molecule has 1 fully saturated rings. The molecule has 8 heteroatoms. The molecule has 0 aliphatic carbocycles. The second kappa shape index (κ2) is 6.02. The molecule has 1 aromatic carbocycles. The molecule has 1 aliphatic rings. The van der Waals surface area contributed by atoms with Crippen molar-refractivity contribution in [3.63, 3.8) is 0 Å². The van der Waals surface area contributed by atoms with Gasteiger partial charge in [-0.1, -0.05) is 0 Å². The summed E-state index contributed by atoms with van der Waals surface area (Å²) in [5.74, 6) is -2.41. The van der Waals surface area contributed by atoms with Crippen LogP contribution in [-0.4, -0.2) is 36.4 Å². The molecule has 1 aromatic rings. The lowest BCUT2D eigenvalue weighted by atomic mass is 9.96. The molecule has 2 unspecified atom stereocenters. The van der Waals surface area contributed by atoms with Gasteiger partial charge in [-0.3, -0.25) is 4.79 Å². The molecule has 0 spiro atoms. The van der Waals surface area contributed by atoms with E-state index in [1.165, 1.54) is 12.1 Å². The van der Waals surface area contributed by atoms with Gasteiger partial charge in [0.25, 0.3) is 0 Å². The lowest BCUT2D eigenvalue weighted by Gasteiger charge is -2.35. The topological polar surface area (TPSA) is 74.7 Å². The van der Waals surface area contributed by atoms with E-state index in [4.69, 9.17) is 5.11 Å². The molecule has 0 bridgehead atoms. The van der Waals surface area contributed by atoms with Gasteiger partial charge < -0.3 is 5.11 Å². The van der Waals surface area contributed by atoms with E-state index in [-0.39, 0.29) is 22.0 Å². The normalized spacial score (nSPS) is 24.0. The molecule has 116 valence electrons. The van der Waals surface area contributed by atoms with E-state index < -0.39 is 27.7 Å². The van der Waals surface area contributed by atoms with Crippen LogP contribution in [-0.2, 0) is 14.8 Å². The van der Waals surface area contributed by atoms with Crippen molar-refractivity contribution in [2.75, 3.05) is 6.54 Å². The second-order valence-corrected chi connectivity index (χ2v) is 7.86. The van der Waals surface area contributed by atoms with Crippen LogP contribution in [0.25, 0.3) is 0 Å². The first-order valence-corrected chi connectivity index (χ1v) is 8.66. The van der Waals surface area contributed by atoms with E-state index in [2.05, 4.69) is 15.9 Å². The van der Waals surface area contributed by atoms with Crippen LogP contribution in [0.3, 0.4) is 0 Å². The van der Waals surface area contributed by atoms with Gasteiger partial charge in [-0.15, -0.1) is 0 Å². The Bertz CT molecular complexity index is 664. The van der Waals surface area contributed by atoms with Gasteiger partial charge in [0, 0.05) is 12.6 Å². The maximum atomic E-state index is 13.6. The highest BCUT2D eigenvalue weighted by molar-refractivity contribution is 9.10. The summed E-state index contributed by atoms with van der Waals surface area (Å²) in [6.07, 6.45) is 0.909. The van der Waals surface area contributed by atoms with E-state index in [0.717, 1.165) is 10.4 Å². The number of piperidine rings is 1. The summed E-state index contributed by atoms with van der Waals surface area (Å²) in [5, 5.41) is 9.07. The molecule has 2 atom stereocenters. The standard InChI is InChI=1S/C13H15BrFNO4S/c1-8-2-3-9(13(17)18)7-16(8)21(19,20)10-4-5-11(14)12(15)6-10/h4-6,8-9H,2-3,7H2,1H3,(H,17,18). The minimum Gasteiger partial charge on any atom is -0.481 e. The largest absolute Gasteiger partial charge is 0.481 e. The lowest BCUT2D eigenvalue weighted by Crippen LogP contribution is -2.47. The Hall–Kier alpha value is -0.990. The zero-order valence-corrected chi connectivity index (χ0v) is 13.7. The van der Waals surface area contributed by atoms with Crippen molar-refractivity contribution in [3.05, 3.63) is 28.5 Å². The minimum absolute atomic E-state index is 0.0868. The highest BCUT2D eigenvalue weighted by Crippen LogP contribution is 2.29. The molecule has 0 saturated carbocycles. The van der Waals surface area contributed by atoms with E-state index in [1.54, 1.807) is 6.92 Å². The Balaban J connectivity index is 2.36. The molecule has 1 saturated heterocycles. The van der Waals surface area contributed by atoms with Gasteiger partial charge in [-0.2, -0.15) is 4.31 Å². The molecular weight excluding hydrogens is 365 g/mol. The number of sulfonamides is 1. The fourth-order valence-electron chi connectivity index (χ4n) is 2.38. The summed E-state index contributed by atoms with van der Waals surface area (Å²) in [6, 6.07) is 3.26. The molecule has 5 nitrogen and oxygen atoms in total. The number of carbonyl (C=O) groups is 1. The van der Waals surface area contributed by atoms with E-state index >= 15 is 0 Å². The van der Waals surface area contributed by atoms with Crippen LogP contribution in [0, 0.1) is 11.7 Å². The molecular formula is C13H15BrFNO4S. The number of rotatable bonds is 3. The third-order valence-corrected chi connectivity index (χ3v) is 6.29. The Morgan fingerprint density at radius 3 is 2.67 bits per heavy atom. The second-order valence-electron chi connectivity index (χ2n) is 5.11. The SMILES string of the molecule is CC1CCC(C(=O)O)CN1S(=O)(=O)c1ccc(Br)c(F)c1. The number of carboxylic acid groups (broad SMARTS) is 1. The minimum atomic E-state index is -3.91. The molecule has 0 aromatic heterocycles. The van der Waals surface area contributed by atoms with Crippen molar-refractivity contribution in [1.82, 2.24) is 4.31 Å². The quantitative estimate of drug-likeness (QED) is 0.874. The van der Waals surface area contributed by atoms with Crippen LogP contribution in [0.2, 0.25) is 0 Å². The average molecular weight is 380 g/mol. The van der Waals surface area contributed by atoms with E-state index in [0.29, 0.717) is 12.8 Å². The number of benzene rings is 1. The first-order chi connectivity index (χ1) is 9.73. The molecule has 2 rings (SSSR count). The first-order valence-electron chi connectivity index (χ1n) is 6.43. The first kappa shape index (κ1) is 16.4. The van der Waals surface area contributed by atoms with Crippen LogP contribution in [0.15, 0.2) is 27.6 Å². The number of hydrogen-bond donors (Lipinski definition) is 1. The Morgan fingerprint density at radius 2 is 2.10 bits per heavy atom. The van der Waals surface area contributed by atoms with E-state index in [1.807, 2.05) is 0 Å².